The summed E-state index contributed by atoms with van der Waals surface area (Å²) in [5.74, 6) is 0. The third-order valence-electron chi connectivity index (χ3n) is 3.76. The van der Waals surface area contributed by atoms with Crippen molar-refractivity contribution in [1.29, 1.82) is 0 Å². The van der Waals surface area contributed by atoms with E-state index in [1.807, 2.05) is 6.08 Å². The molecule has 0 radical (unpaired) electrons. The molecule has 4 nitrogen and oxygen atoms in total. The third kappa shape index (κ3) is 7.61. The summed E-state index contributed by atoms with van der Waals surface area (Å²) in [6.45, 7) is 9.28. The zero-order chi connectivity index (χ0) is 16.0. The average Bonchev–Trinajstić information content (AvgIpc) is 2.71. The van der Waals surface area contributed by atoms with Gasteiger partial charge in [-0.15, -0.1) is 0 Å². The minimum absolute atomic E-state index is 0.0648. The zero-order valence-corrected chi connectivity index (χ0v) is 14.6. The van der Waals surface area contributed by atoms with Crippen LogP contribution in [0.3, 0.4) is 0 Å². The van der Waals surface area contributed by atoms with Crippen molar-refractivity contribution in [3.63, 3.8) is 0 Å². The van der Waals surface area contributed by atoms with Crippen LogP contribution in [0.15, 0.2) is 12.3 Å². The zero-order valence-electron chi connectivity index (χ0n) is 14.6. The molecule has 0 bridgehead atoms. The maximum Gasteiger partial charge on any atom is 0.120 e. The smallest absolute Gasteiger partial charge is 0.120 e. The number of hydrogen-bond acceptors (Lipinski definition) is 4. The lowest BCUT2D eigenvalue weighted by Gasteiger charge is -2.30. The van der Waals surface area contributed by atoms with Crippen molar-refractivity contribution in [2.75, 3.05) is 26.4 Å². The van der Waals surface area contributed by atoms with Crippen molar-refractivity contribution in [1.82, 2.24) is 0 Å². The SMILES string of the molecule is CCCCOC1C=COC[C@@H](OCCCC)[C@H]1OCCCC. The molecule has 0 N–H and O–H groups in total. The summed E-state index contributed by atoms with van der Waals surface area (Å²) in [5.41, 5.74) is 0. The number of hydrogen-bond donors (Lipinski definition) is 0. The van der Waals surface area contributed by atoms with E-state index in [0.29, 0.717) is 6.61 Å². The minimum atomic E-state index is -0.0856. The van der Waals surface area contributed by atoms with E-state index in [-0.39, 0.29) is 18.3 Å². The van der Waals surface area contributed by atoms with Crippen LogP contribution in [0.25, 0.3) is 0 Å². The lowest BCUT2D eigenvalue weighted by Crippen LogP contribution is -2.43. The standard InChI is InChI=1S/C18H34O4/c1-4-7-11-20-16-10-14-19-15-17(21-12-8-5-2)18(16)22-13-9-6-3/h10,14,16-18H,4-9,11-13,15H2,1-3H3/t16?,17-,18+/m1/s1. The quantitative estimate of drug-likeness (QED) is 0.509. The predicted octanol–water partition coefficient (Wildman–Crippen LogP) is 4.09. The molecule has 130 valence electrons. The molecule has 0 amide bonds. The Bertz CT molecular complexity index is 280. The molecule has 0 saturated heterocycles. The Labute approximate surface area is 136 Å². The number of rotatable bonds is 12. The Morgan fingerprint density at radius 3 is 2.09 bits per heavy atom. The van der Waals surface area contributed by atoms with Crippen molar-refractivity contribution in [3.8, 4) is 0 Å². The van der Waals surface area contributed by atoms with Crippen LogP contribution in [0.2, 0.25) is 0 Å². The first-order valence-electron chi connectivity index (χ1n) is 8.96. The topological polar surface area (TPSA) is 36.9 Å². The molecule has 1 heterocycles. The minimum Gasteiger partial charge on any atom is -0.499 e. The summed E-state index contributed by atoms with van der Waals surface area (Å²) in [5, 5.41) is 0. The van der Waals surface area contributed by atoms with Crippen LogP contribution in [0.1, 0.15) is 59.3 Å². The fourth-order valence-electron chi connectivity index (χ4n) is 2.30. The summed E-state index contributed by atoms with van der Waals surface area (Å²) >= 11 is 0. The van der Waals surface area contributed by atoms with Crippen molar-refractivity contribution in [2.45, 2.75) is 77.6 Å². The molecule has 0 aromatic heterocycles. The molecule has 3 atom stereocenters. The van der Waals surface area contributed by atoms with Crippen LogP contribution in [0, 0.1) is 0 Å². The molecule has 0 aromatic carbocycles. The van der Waals surface area contributed by atoms with Gasteiger partial charge in [-0.1, -0.05) is 40.0 Å². The van der Waals surface area contributed by atoms with E-state index in [1.54, 1.807) is 6.26 Å². The third-order valence-corrected chi connectivity index (χ3v) is 3.76. The van der Waals surface area contributed by atoms with Crippen LogP contribution >= 0.6 is 0 Å². The van der Waals surface area contributed by atoms with Gasteiger partial charge in [-0.25, -0.2) is 0 Å². The molecule has 1 aliphatic rings. The van der Waals surface area contributed by atoms with Crippen molar-refractivity contribution >= 4 is 0 Å². The van der Waals surface area contributed by atoms with Gasteiger partial charge in [0.2, 0.25) is 0 Å². The molecular formula is C18H34O4. The van der Waals surface area contributed by atoms with Gasteiger partial charge in [-0.3, -0.25) is 0 Å². The van der Waals surface area contributed by atoms with Crippen LogP contribution in [-0.2, 0) is 18.9 Å². The van der Waals surface area contributed by atoms with E-state index >= 15 is 0 Å². The fraction of sp³-hybridized carbons (Fsp3) is 0.889. The first-order chi connectivity index (χ1) is 10.8. The largest absolute Gasteiger partial charge is 0.499 e. The Balaban J connectivity index is 2.61. The van der Waals surface area contributed by atoms with E-state index in [0.717, 1.165) is 58.3 Å². The monoisotopic (exact) mass is 314 g/mol. The summed E-state index contributed by atoms with van der Waals surface area (Å²) in [6.07, 6.45) is 10.0. The van der Waals surface area contributed by atoms with Crippen molar-refractivity contribution in [3.05, 3.63) is 12.3 Å². The van der Waals surface area contributed by atoms with E-state index in [9.17, 15) is 0 Å². The highest BCUT2D eigenvalue weighted by molar-refractivity contribution is 4.97. The van der Waals surface area contributed by atoms with Gasteiger partial charge < -0.3 is 18.9 Å². The van der Waals surface area contributed by atoms with Gasteiger partial charge in [0.25, 0.3) is 0 Å². The van der Waals surface area contributed by atoms with Gasteiger partial charge in [-0.2, -0.15) is 0 Å². The van der Waals surface area contributed by atoms with Crippen LogP contribution in [0.5, 0.6) is 0 Å². The van der Waals surface area contributed by atoms with Gasteiger partial charge in [0.05, 0.1) is 6.26 Å². The Hall–Kier alpha value is -0.580. The van der Waals surface area contributed by atoms with E-state index in [4.69, 9.17) is 18.9 Å². The number of ether oxygens (including phenoxy) is 4. The first-order valence-corrected chi connectivity index (χ1v) is 8.96. The summed E-state index contributed by atoms with van der Waals surface area (Å²) in [6, 6.07) is 0. The Kier molecular flexibility index (Phi) is 11.4. The average molecular weight is 314 g/mol. The van der Waals surface area contributed by atoms with Crippen LogP contribution in [-0.4, -0.2) is 44.7 Å². The maximum absolute atomic E-state index is 6.11. The lowest BCUT2D eigenvalue weighted by molar-refractivity contribution is -0.134. The molecule has 0 fully saturated rings. The van der Waals surface area contributed by atoms with Gasteiger partial charge in [0.15, 0.2) is 0 Å². The Morgan fingerprint density at radius 1 is 0.864 bits per heavy atom. The molecule has 1 unspecified atom stereocenters. The van der Waals surface area contributed by atoms with Gasteiger partial charge in [0, 0.05) is 19.8 Å². The highest BCUT2D eigenvalue weighted by Gasteiger charge is 2.32. The fourth-order valence-corrected chi connectivity index (χ4v) is 2.30. The maximum atomic E-state index is 6.11. The molecule has 0 saturated carbocycles. The van der Waals surface area contributed by atoms with Gasteiger partial charge in [0.1, 0.15) is 24.9 Å². The second-order valence-electron chi connectivity index (χ2n) is 5.80. The molecule has 0 spiro atoms. The molecule has 1 rings (SSSR count). The summed E-state index contributed by atoms with van der Waals surface area (Å²) < 4.78 is 23.7. The first kappa shape index (κ1) is 19.5. The van der Waals surface area contributed by atoms with Gasteiger partial charge >= 0.3 is 0 Å². The van der Waals surface area contributed by atoms with Crippen molar-refractivity contribution < 1.29 is 18.9 Å². The normalized spacial score (nSPS) is 25.0. The predicted molar refractivity (Wildman–Crippen MR) is 89.0 cm³/mol. The van der Waals surface area contributed by atoms with Crippen LogP contribution in [0.4, 0.5) is 0 Å². The molecule has 22 heavy (non-hydrogen) atoms. The lowest BCUT2D eigenvalue weighted by atomic mass is 10.1. The van der Waals surface area contributed by atoms with Crippen LogP contribution < -0.4 is 0 Å². The highest BCUT2D eigenvalue weighted by atomic mass is 16.6. The van der Waals surface area contributed by atoms with Gasteiger partial charge in [-0.05, 0) is 25.3 Å². The molecule has 4 heteroatoms. The van der Waals surface area contributed by atoms with E-state index in [2.05, 4.69) is 20.8 Å². The second kappa shape index (κ2) is 12.9. The Morgan fingerprint density at radius 2 is 1.45 bits per heavy atom. The molecule has 1 aliphatic heterocycles. The highest BCUT2D eigenvalue weighted by Crippen LogP contribution is 2.19. The van der Waals surface area contributed by atoms with E-state index < -0.39 is 0 Å². The summed E-state index contributed by atoms with van der Waals surface area (Å²) in [4.78, 5) is 0. The summed E-state index contributed by atoms with van der Waals surface area (Å²) in [7, 11) is 0. The number of unbranched alkanes of at least 4 members (excludes halogenated alkanes) is 3. The second-order valence-corrected chi connectivity index (χ2v) is 5.80. The van der Waals surface area contributed by atoms with E-state index in [1.165, 1.54) is 0 Å². The molecule has 0 aromatic rings. The molecule has 0 aliphatic carbocycles. The van der Waals surface area contributed by atoms with Crippen molar-refractivity contribution in [2.24, 2.45) is 0 Å². The molecular weight excluding hydrogens is 280 g/mol.